The molecule has 0 atom stereocenters. The molecule has 1 heterocycles. The number of anilines is 1. The molecule has 144 valence electrons. The predicted molar refractivity (Wildman–Crippen MR) is 104 cm³/mol. The zero-order valence-electron chi connectivity index (χ0n) is 16.0. The van der Waals surface area contributed by atoms with E-state index < -0.39 is 11.4 Å². The molecule has 0 saturated carbocycles. The van der Waals surface area contributed by atoms with E-state index in [0.29, 0.717) is 31.7 Å². The molecule has 3 rings (SSSR count). The van der Waals surface area contributed by atoms with Gasteiger partial charge in [-0.25, -0.2) is 0 Å². The molecule has 28 heavy (non-hydrogen) atoms. The predicted octanol–water partition coefficient (Wildman–Crippen LogP) is 3.48. The maximum atomic E-state index is 13.4. The third kappa shape index (κ3) is 4.05. The Balaban J connectivity index is 1.93. The minimum Gasteiger partial charge on any atom is -0.427 e. The van der Waals surface area contributed by atoms with E-state index in [0.717, 1.165) is 11.1 Å². The van der Waals surface area contributed by atoms with Gasteiger partial charge in [0.15, 0.2) is 0 Å². The molecule has 2 aromatic carbocycles. The number of ether oxygens (including phenoxy) is 2. The topological polar surface area (TPSA) is 88.4 Å². The SMILES string of the molecule is CC(=O)Oc1ccc(NC(=O)C2(c3cccc(C)c3)CCOCC2)c(C#N)c1. The van der Waals surface area contributed by atoms with E-state index in [9.17, 15) is 14.9 Å². The summed E-state index contributed by atoms with van der Waals surface area (Å²) in [6.07, 6.45) is 1.13. The second-order valence-electron chi connectivity index (χ2n) is 6.93. The van der Waals surface area contributed by atoms with E-state index >= 15 is 0 Å². The smallest absolute Gasteiger partial charge is 0.308 e. The molecular formula is C22H22N2O4. The number of aryl methyl sites for hydroxylation is 1. The third-order valence-corrected chi connectivity index (χ3v) is 4.97. The highest BCUT2D eigenvalue weighted by atomic mass is 16.5. The lowest BCUT2D eigenvalue weighted by atomic mass is 9.73. The van der Waals surface area contributed by atoms with Crippen LogP contribution in [-0.4, -0.2) is 25.1 Å². The molecule has 6 nitrogen and oxygen atoms in total. The largest absolute Gasteiger partial charge is 0.427 e. The van der Waals surface area contributed by atoms with Crippen LogP contribution < -0.4 is 10.1 Å². The highest BCUT2D eigenvalue weighted by molar-refractivity contribution is 6.00. The van der Waals surface area contributed by atoms with Crippen LogP contribution in [0.1, 0.15) is 36.5 Å². The summed E-state index contributed by atoms with van der Waals surface area (Å²) in [5, 5.41) is 12.4. The lowest BCUT2D eigenvalue weighted by molar-refractivity contribution is -0.132. The van der Waals surface area contributed by atoms with Crippen LogP contribution in [0, 0.1) is 18.3 Å². The number of nitrogens with one attached hydrogen (secondary N) is 1. The van der Waals surface area contributed by atoms with Crippen LogP contribution in [0.15, 0.2) is 42.5 Å². The Labute approximate surface area is 164 Å². The first-order valence-corrected chi connectivity index (χ1v) is 9.13. The van der Waals surface area contributed by atoms with Crippen LogP contribution in [0.3, 0.4) is 0 Å². The van der Waals surface area contributed by atoms with Gasteiger partial charge in [-0.15, -0.1) is 0 Å². The molecule has 1 aliphatic rings. The highest BCUT2D eigenvalue weighted by Crippen LogP contribution is 2.37. The standard InChI is InChI=1S/C22H22N2O4/c1-15-4-3-5-18(12-15)22(8-10-27-11-9-22)21(26)24-20-7-6-19(28-16(2)25)13-17(20)14-23/h3-7,12-13H,8-11H2,1-2H3,(H,24,26). The van der Waals surface area contributed by atoms with E-state index in [1.807, 2.05) is 37.3 Å². The van der Waals surface area contributed by atoms with Crippen molar-refractivity contribution in [1.29, 1.82) is 5.26 Å². The summed E-state index contributed by atoms with van der Waals surface area (Å²) >= 11 is 0. The van der Waals surface area contributed by atoms with Crippen molar-refractivity contribution in [3.05, 3.63) is 59.2 Å². The molecule has 0 aromatic heterocycles. The number of benzene rings is 2. The summed E-state index contributed by atoms with van der Waals surface area (Å²) in [6, 6.07) is 14.6. The Hall–Kier alpha value is -3.17. The number of rotatable bonds is 4. The minimum absolute atomic E-state index is 0.168. The summed E-state index contributed by atoms with van der Waals surface area (Å²) in [5.41, 5.74) is 1.94. The first-order valence-electron chi connectivity index (χ1n) is 9.13. The maximum Gasteiger partial charge on any atom is 0.308 e. The zero-order chi connectivity index (χ0) is 20.1. The van der Waals surface area contributed by atoms with E-state index in [1.165, 1.54) is 13.0 Å². The molecule has 0 spiro atoms. The normalized spacial score (nSPS) is 15.3. The van der Waals surface area contributed by atoms with Crippen LogP contribution in [0.2, 0.25) is 0 Å². The van der Waals surface area contributed by atoms with Crippen LogP contribution in [-0.2, 0) is 19.7 Å². The van der Waals surface area contributed by atoms with Crippen molar-refractivity contribution in [1.82, 2.24) is 0 Å². The number of carbonyl (C=O) groups excluding carboxylic acids is 2. The van der Waals surface area contributed by atoms with Gasteiger partial charge in [-0.05, 0) is 37.5 Å². The Morgan fingerprint density at radius 2 is 1.93 bits per heavy atom. The zero-order valence-corrected chi connectivity index (χ0v) is 16.0. The quantitative estimate of drug-likeness (QED) is 0.650. The summed E-state index contributed by atoms with van der Waals surface area (Å²) < 4.78 is 10.5. The van der Waals surface area contributed by atoms with Crippen LogP contribution >= 0.6 is 0 Å². The number of amides is 1. The van der Waals surface area contributed by atoms with Crippen molar-refractivity contribution < 1.29 is 19.1 Å². The van der Waals surface area contributed by atoms with Gasteiger partial charge in [0.05, 0.1) is 16.7 Å². The summed E-state index contributed by atoms with van der Waals surface area (Å²) in [7, 11) is 0. The Kier molecular flexibility index (Phi) is 5.76. The lowest BCUT2D eigenvalue weighted by Crippen LogP contribution is -2.45. The van der Waals surface area contributed by atoms with Crippen molar-refractivity contribution in [3.8, 4) is 11.8 Å². The summed E-state index contributed by atoms with van der Waals surface area (Å²) in [5.74, 6) is -0.374. The Morgan fingerprint density at radius 1 is 1.18 bits per heavy atom. The average Bonchev–Trinajstić information content (AvgIpc) is 2.69. The van der Waals surface area contributed by atoms with Gasteiger partial charge in [0.1, 0.15) is 11.8 Å². The van der Waals surface area contributed by atoms with Gasteiger partial charge in [-0.1, -0.05) is 29.8 Å². The van der Waals surface area contributed by atoms with E-state index in [-0.39, 0.29) is 17.2 Å². The van der Waals surface area contributed by atoms with Gasteiger partial charge in [0, 0.05) is 26.2 Å². The second kappa shape index (κ2) is 8.24. The van der Waals surface area contributed by atoms with Crippen molar-refractivity contribution in [2.45, 2.75) is 32.1 Å². The van der Waals surface area contributed by atoms with Crippen molar-refractivity contribution in [3.63, 3.8) is 0 Å². The molecule has 0 radical (unpaired) electrons. The first kappa shape index (κ1) is 19.6. The molecule has 1 N–H and O–H groups in total. The van der Waals surface area contributed by atoms with Gasteiger partial charge < -0.3 is 14.8 Å². The summed E-state index contributed by atoms with van der Waals surface area (Å²) in [4.78, 5) is 24.5. The van der Waals surface area contributed by atoms with Gasteiger partial charge in [-0.2, -0.15) is 5.26 Å². The lowest BCUT2D eigenvalue weighted by Gasteiger charge is -2.36. The number of hydrogen-bond acceptors (Lipinski definition) is 5. The van der Waals surface area contributed by atoms with Crippen molar-refractivity contribution in [2.24, 2.45) is 0 Å². The van der Waals surface area contributed by atoms with E-state index in [2.05, 4.69) is 5.32 Å². The third-order valence-electron chi connectivity index (χ3n) is 4.97. The van der Waals surface area contributed by atoms with Crippen molar-refractivity contribution in [2.75, 3.05) is 18.5 Å². The number of hydrogen-bond donors (Lipinski definition) is 1. The van der Waals surface area contributed by atoms with Crippen LogP contribution in [0.25, 0.3) is 0 Å². The molecule has 0 unspecified atom stereocenters. The molecule has 1 amide bonds. The monoisotopic (exact) mass is 378 g/mol. The molecule has 1 aliphatic heterocycles. The van der Waals surface area contributed by atoms with Gasteiger partial charge in [-0.3, -0.25) is 9.59 Å². The van der Waals surface area contributed by atoms with Crippen LogP contribution in [0.5, 0.6) is 5.75 Å². The average molecular weight is 378 g/mol. The number of nitriles is 1. The molecule has 0 bridgehead atoms. The van der Waals surface area contributed by atoms with Gasteiger partial charge in [0.2, 0.25) is 5.91 Å². The molecule has 1 fully saturated rings. The molecular weight excluding hydrogens is 356 g/mol. The fraction of sp³-hybridized carbons (Fsp3) is 0.318. The fourth-order valence-electron chi connectivity index (χ4n) is 3.51. The number of esters is 1. The van der Waals surface area contributed by atoms with Gasteiger partial charge >= 0.3 is 5.97 Å². The fourth-order valence-corrected chi connectivity index (χ4v) is 3.51. The molecule has 6 heteroatoms. The Bertz CT molecular complexity index is 940. The maximum absolute atomic E-state index is 13.4. The number of nitrogens with zero attached hydrogens (tertiary/aromatic N) is 1. The summed E-state index contributed by atoms with van der Waals surface area (Å²) in [6.45, 7) is 4.28. The Morgan fingerprint density at radius 3 is 2.57 bits per heavy atom. The van der Waals surface area contributed by atoms with E-state index in [4.69, 9.17) is 9.47 Å². The highest BCUT2D eigenvalue weighted by Gasteiger charge is 2.42. The molecule has 0 aliphatic carbocycles. The first-order chi connectivity index (χ1) is 13.4. The van der Waals surface area contributed by atoms with Crippen LogP contribution in [0.4, 0.5) is 5.69 Å². The van der Waals surface area contributed by atoms with E-state index in [1.54, 1.807) is 12.1 Å². The number of carbonyl (C=O) groups is 2. The molecule has 1 saturated heterocycles. The minimum atomic E-state index is -0.717. The van der Waals surface area contributed by atoms with Gasteiger partial charge in [0.25, 0.3) is 0 Å². The molecule has 2 aromatic rings. The van der Waals surface area contributed by atoms with Crippen molar-refractivity contribution >= 4 is 17.6 Å². The second-order valence-corrected chi connectivity index (χ2v) is 6.93.